The molecule has 1 N–H and O–H groups in total. The van der Waals surface area contributed by atoms with Crippen molar-refractivity contribution >= 4 is 23.7 Å². The van der Waals surface area contributed by atoms with Gasteiger partial charge in [0.05, 0.1) is 22.5 Å². The smallest absolute Gasteiger partial charge is 0.221 e. The third kappa shape index (κ3) is 5.57. The Labute approximate surface area is 201 Å². The van der Waals surface area contributed by atoms with Gasteiger partial charge in [-0.25, -0.2) is 4.98 Å². The minimum absolute atomic E-state index is 0.0291. The van der Waals surface area contributed by atoms with Crippen molar-refractivity contribution in [1.82, 2.24) is 14.5 Å². The molecule has 4 rings (SSSR count). The number of nitrogens with zero attached hydrogens (tertiary/aromatic N) is 3. The number of furan rings is 1. The second-order valence-corrected chi connectivity index (χ2v) is 8.84. The molecule has 1 saturated heterocycles. The van der Waals surface area contributed by atoms with Gasteiger partial charge in [-0.15, -0.1) is 0 Å². The highest BCUT2D eigenvalue weighted by Gasteiger charge is 2.21. The van der Waals surface area contributed by atoms with E-state index in [1.54, 1.807) is 19.5 Å². The number of imidazole rings is 1. The Hall–Kier alpha value is -3.38. The molecular weight excluding hydrogens is 424 g/mol. The van der Waals surface area contributed by atoms with Crippen LogP contribution in [0.1, 0.15) is 44.6 Å². The third-order valence-corrected chi connectivity index (χ3v) is 6.49. The number of aromatic nitrogens is 2. The lowest BCUT2D eigenvalue weighted by Crippen LogP contribution is -2.35. The molecule has 1 fully saturated rings. The summed E-state index contributed by atoms with van der Waals surface area (Å²) >= 11 is 0. The minimum Gasteiger partial charge on any atom is -0.472 e. The summed E-state index contributed by atoms with van der Waals surface area (Å²) in [5.74, 6) is 1.45. The highest BCUT2D eigenvalue weighted by atomic mass is 16.3. The van der Waals surface area contributed by atoms with Crippen molar-refractivity contribution in [2.24, 2.45) is 0 Å². The minimum atomic E-state index is -0.0291. The Morgan fingerprint density at radius 3 is 2.76 bits per heavy atom. The van der Waals surface area contributed by atoms with Gasteiger partial charge in [0.15, 0.2) is 0 Å². The van der Waals surface area contributed by atoms with Gasteiger partial charge >= 0.3 is 0 Å². The average molecular weight is 459 g/mol. The van der Waals surface area contributed by atoms with Crippen LogP contribution in [-0.2, 0) is 11.3 Å². The van der Waals surface area contributed by atoms with Crippen molar-refractivity contribution in [3.8, 4) is 11.4 Å². The summed E-state index contributed by atoms with van der Waals surface area (Å²) in [5, 5.41) is 4.96. The van der Waals surface area contributed by atoms with Crippen molar-refractivity contribution in [2.45, 2.75) is 45.6 Å². The largest absolute Gasteiger partial charge is 0.472 e. The molecular formula is C28H34N4O2. The lowest BCUT2D eigenvalue weighted by atomic mass is 9.89. The van der Waals surface area contributed by atoms with Gasteiger partial charge in [-0.2, -0.15) is 0 Å². The zero-order valence-corrected chi connectivity index (χ0v) is 20.2. The number of allylic oxidation sites excluding steroid dienone is 1. The van der Waals surface area contributed by atoms with E-state index in [0.29, 0.717) is 5.92 Å². The maximum Gasteiger partial charge on any atom is 0.221 e. The Bertz CT molecular complexity index is 1230. The van der Waals surface area contributed by atoms with Gasteiger partial charge < -0.3 is 19.2 Å². The zero-order valence-electron chi connectivity index (χ0n) is 20.2. The second-order valence-electron chi connectivity index (χ2n) is 8.84. The number of benzene rings is 1. The van der Waals surface area contributed by atoms with Gasteiger partial charge in [0.25, 0.3) is 0 Å². The second kappa shape index (κ2) is 11.2. The highest BCUT2D eigenvalue weighted by Crippen LogP contribution is 2.29. The first-order valence-electron chi connectivity index (χ1n) is 12.1. The zero-order chi connectivity index (χ0) is 23.9. The molecule has 2 aromatic heterocycles. The van der Waals surface area contributed by atoms with Crippen LogP contribution in [0.3, 0.4) is 0 Å². The van der Waals surface area contributed by atoms with E-state index in [4.69, 9.17) is 9.40 Å². The molecule has 0 saturated carbocycles. The van der Waals surface area contributed by atoms with Crippen molar-refractivity contribution in [1.29, 1.82) is 0 Å². The van der Waals surface area contributed by atoms with E-state index in [-0.39, 0.29) is 5.91 Å². The molecule has 1 aromatic carbocycles. The van der Waals surface area contributed by atoms with E-state index in [9.17, 15) is 4.79 Å². The van der Waals surface area contributed by atoms with Crippen molar-refractivity contribution in [3.63, 3.8) is 0 Å². The van der Waals surface area contributed by atoms with E-state index in [1.807, 2.05) is 43.4 Å². The molecule has 0 radical (unpaired) electrons. The molecule has 0 bridgehead atoms. The van der Waals surface area contributed by atoms with E-state index in [1.165, 1.54) is 5.56 Å². The molecule has 6 heteroatoms. The number of likely N-dealkylation sites (tertiary alicyclic amines) is 1. The lowest BCUT2D eigenvalue weighted by Gasteiger charge is -2.32. The molecule has 0 unspecified atom stereocenters. The van der Waals surface area contributed by atoms with Gasteiger partial charge in [0.1, 0.15) is 12.1 Å². The molecule has 1 aliphatic rings. The number of piperidine rings is 1. The number of hydrogen-bond donors (Lipinski definition) is 1. The van der Waals surface area contributed by atoms with Crippen LogP contribution in [0.2, 0.25) is 0 Å². The van der Waals surface area contributed by atoms with E-state index in [0.717, 1.165) is 73.2 Å². The summed E-state index contributed by atoms with van der Waals surface area (Å²) < 4.78 is 7.60. The summed E-state index contributed by atoms with van der Waals surface area (Å²) in [6.07, 6.45) is 12.7. The molecule has 1 aliphatic heterocycles. The van der Waals surface area contributed by atoms with Gasteiger partial charge in [-0.3, -0.25) is 4.79 Å². The van der Waals surface area contributed by atoms with Crippen molar-refractivity contribution in [3.05, 3.63) is 71.8 Å². The topological polar surface area (TPSA) is 63.3 Å². The number of anilines is 1. The number of hydrogen-bond acceptors (Lipinski definition) is 4. The van der Waals surface area contributed by atoms with Crippen LogP contribution < -0.4 is 16.0 Å². The molecule has 178 valence electrons. The van der Waals surface area contributed by atoms with Crippen LogP contribution in [0, 0.1) is 0 Å². The van der Waals surface area contributed by atoms with E-state index >= 15 is 0 Å². The van der Waals surface area contributed by atoms with Gasteiger partial charge in [-0.05, 0) is 81.6 Å². The molecule has 0 atom stereocenters. The summed E-state index contributed by atoms with van der Waals surface area (Å²) in [5.41, 5.74) is 3.20. The summed E-state index contributed by atoms with van der Waals surface area (Å²) in [6.45, 7) is 11.6. The number of carbonyl (C=O) groups is 1. The van der Waals surface area contributed by atoms with Gasteiger partial charge in [0.2, 0.25) is 5.91 Å². The monoisotopic (exact) mass is 458 g/mol. The van der Waals surface area contributed by atoms with Crippen LogP contribution in [0.4, 0.5) is 5.69 Å². The Balaban J connectivity index is 1.38. The van der Waals surface area contributed by atoms with Gasteiger partial charge in [-0.1, -0.05) is 30.9 Å². The van der Waals surface area contributed by atoms with Gasteiger partial charge in [0, 0.05) is 19.2 Å². The number of rotatable bonds is 8. The first kappa shape index (κ1) is 23.8. The van der Waals surface area contributed by atoms with Crippen LogP contribution in [0.25, 0.3) is 23.5 Å². The fourth-order valence-corrected chi connectivity index (χ4v) is 4.84. The maximum absolute atomic E-state index is 11.4. The standard InChI is InChI=1S/C28H34N4O2/c1-4-8-27-26(5-2)30-28(24-13-18-34-20-24)32(27)15-7-14-31-16-11-22(12-17-31)23-9-6-10-25(19-23)29-21(3)33/h4-6,8-10,13,18-20,22H,1,7,11-12,14-17H2,2-3H3,(H,29,33)/b26-5+,27-8+. The van der Waals surface area contributed by atoms with Crippen LogP contribution in [0.15, 0.2) is 59.9 Å². The first-order valence-corrected chi connectivity index (χ1v) is 12.1. The fourth-order valence-electron chi connectivity index (χ4n) is 4.84. The Morgan fingerprint density at radius 1 is 1.26 bits per heavy atom. The predicted molar refractivity (Wildman–Crippen MR) is 138 cm³/mol. The van der Waals surface area contributed by atoms with Crippen molar-refractivity contribution < 1.29 is 9.21 Å². The first-order chi connectivity index (χ1) is 16.6. The molecule has 0 aliphatic carbocycles. The molecule has 3 aromatic rings. The summed E-state index contributed by atoms with van der Waals surface area (Å²) in [7, 11) is 0. The summed E-state index contributed by atoms with van der Waals surface area (Å²) in [4.78, 5) is 18.8. The SMILES string of the molecule is C=C/C=c1\c(=C/C)nc(-c2ccoc2)n1CCCN1CCC(c2cccc(NC(C)=O)c2)CC1. The fraction of sp³-hybridized carbons (Fsp3) is 0.357. The lowest BCUT2D eigenvalue weighted by molar-refractivity contribution is -0.114. The van der Waals surface area contributed by atoms with E-state index in [2.05, 4.69) is 33.5 Å². The van der Waals surface area contributed by atoms with E-state index < -0.39 is 0 Å². The number of nitrogens with one attached hydrogen (secondary N) is 1. The summed E-state index contributed by atoms with van der Waals surface area (Å²) in [6, 6.07) is 10.3. The normalized spacial score (nSPS) is 16.2. The third-order valence-electron chi connectivity index (χ3n) is 6.49. The average Bonchev–Trinajstić information content (AvgIpc) is 3.48. The van der Waals surface area contributed by atoms with Crippen LogP contribution >= 0.6 is 0 Å². The predicted octanol–water partition coefficient (Wildman–Crippen LogP) is 4.14. The quantitative estimate of drug-likeness (QED) is 0.551. The number of carbonyl (C=O) groups excluding carboxylic acids is 1. The maximum atomic E-state index is 11.4. The Morgan fingerprint density at radius 2 is 2.09 bits per heavy atom. The molecule has 3 heterocycles. The molecule has 34 heavy (non-hydrogen) atoms. The molecule has 0 spiro atoms. The highest BCUT2D eigenvalue weighted by molar-refractivity contribution is 5.88. The van der Waals surface area contributed by atoms with Crippen LogP contribution in [0.5, 0.6) is 0 Å². The molecule has 6 nitrogen and oxygen atoms in total. The van der Waals surface area contributed by atoms with Crippen molar-refractivity contribution in [2.75, 3.05) is 25.0 Å². The Kier molecular flexibility index (Phi) is 7.80. The van der Waals surface area contributed by atoms with Crippen LogP contribution in [-0.4, -0.2) is 40.0 Å². The molecule has 1 amide bonds. The number of amides is 1.